The van der Waals surface area contributed by atoms with Crippen molar-refractivity contribution in [3.05, 3.63) is 46.4 Å². The van der Waals surface area contributed by atoms with Crippen molar-refractivity contribution in [1.29, 1.82) is 0 Å². The van der Waals surface area contributed by atoms with Crippen molar-refractivity contribution in [2.75, 3.05) is 13.1 Å². The molecule has 27 heavy (non-hydrogen) atoms. The van der Waals surface area contributed by atoms with E-state index in [9.17, 15) is 9.59 Å². The summed E-state index contributed by atoms with van der Waals surface area (Å²) in [5.41, 5.74) is 0.721. The van der Waals surface area contributed by atoms with Gasteiger partial charge in [0, 0.05) is 18.7 Å². The molecular weight excluding hydrogens is 342 g/mol. The molecule has 0 radical (unpaired) electrons. The molecule has 7 nitrogen and oxygen atoms in total. The lowest BCUT2D eigenvalue weighted by Gasteiger charge is -2.32. The number of aromatic nitrogens is 3. The maximum Gasteiger partial charge on any atom is 0.317 e. The molecule has 0 saturated carbocycles. The number of hydrogen-bond acceptors (Lipinski definition) is 4. The van der Waals surface area contributed by atoms with E-state index >= 15 is 0 Å². The molecule has 1 atom stereocenters. The molecule has 144 valence electrons. The van der Waals surface area contributed by atoms with Crippen LogP contribution >= 0.6 is 0 Å². The smallest absolute Gasteiger partial charge is 0.317 e. The first-order valence-corrected chi connectivity index (χ1v) is 9.70. The Balaban J connectivity index is 1.70. The van der Waals surface area contributed by atoms with Gasteiger partial charge in [0.2, 0.25) is 0 Å². The van der Waals surface area contributed by atoms with Crippen molar-refractivity contribution < 1.29 is 4.79 Å². The molecule has 1 aromatic heterocycles. The van der Waals surface area contributed by atoms with Crippen LogP contribution < -0.4 is 10.9 Å². The van der Waals surface area contributed by atoms with Crippen molar-refractivity contribution in [2.45, 2.75) is 45.6 Å². The number of nitrogens with zero attached hydrogens (tertiary/aromatic N) is 3. The van der Waals surface area contributed by atoms with Gasteiger partial charge in [-0.3, -0.25) is 4.79 Å². The van der Waals surface area contributed by atoms with E-state index in [1.165, 1.54) is 0 Å². The number of carbonyl (C=O) groups is 1. The van der Waals surface area contributed by atoms with Crippen LogP contribution in [0, 0.1) is 5.92 Å². The normalized spacial score (nSPS) is 16.1. The minimum absolute atomic E-state index is 0.135. The summed E-state index contributed by atoms with van der Waals surface area (Å²) in [6.07, 6.45) is 3.80. The number of amides is 2. The molecule has 2 amide bonds. The van der Waals surface area contributed by atoms with Gasteiger partial charge in [0.25, 0.3) is 5.56 Å². The second-order valence-corrected chi connectivity index (χ2v) is 7.00. The number of likely N-dealkylation sites (tertiary alicyclic amines) is 1. The monoisotopic (exact) mass is 369 g/mol. The van der Waals surface area contributed by atoms with Gasteiger partial charge in [-0.25, -0.2) is 4.79 Å². The molecule has 2 aromatic rings. The zero-order valence-corrected chi connectivity index (χ0v) is 15.9. The van der Waals surface area contributed by atoms with E-state index in [1.807, 2.05) is 42.2 Å². The van der Waals surface area contributed by atoms with E-state index in [1.54, 1.807) is 0 Å². The first-order chi connectivity index (χ1) is 13.1. The van der Waals surface area contributed by atoms with Crippen LogP contribution in [0.15, 0.2) is 35.1 Å². The van der Waals surface area contributed by atoms with E-state index in [0.29, 0.717) is 18.2 Å². The highest BCUT2D eigenvalue weighted by Crippen LogP contribution is 2.21. The highest BCUT2D eigenvalue weighted by molar-refractivity contribution is 5.74. The highest BCUT2D eigenvalue weighted by Gasteiger charge is 2.25. The summed E-state index contributed by atoms with van der Waals surface area (Å²) >= 11 is 0. The van der Waals surface area contributed by atoms with Crippen LogP contribution in [0.5, 0.6) is 0 Å². The molecule has 1 saturated heterocycles. The van der Waals surface area contributed by atoms with Gasteiger partial charge in [0.1, 0.15) is 0 Å². The number of piperidine rings is 1. The number of carbonyl (C=O) groups excluding carboxylic acids is 1. The molecule has 1 fully saturated rings. The van der Waals surface area contributed by atoms with Gasteiger partial charge in [-0.2, -0.15) is 0 Å². The zero-order valence-electron chi connectivity index (χ0n) is 15.9. The average Bonchev–Trinajstić information content (AvgIpc) is 2.72. The molecule has 7 heteroatoms. The van der Waals surface area contributed by atoms with Crippen molar-refractivity contribution in [3.8, 4) is 11.4 Å². The molecule has 2 heterocycles. The highest BCUT2D eigenvalue weighted by atomic mass is 16.2. The van der Waals surface area contributed by atoms with Gasteiger partial charge in [-0.05, 0) is 25.2 Å². The number of H-pyrrole nitrogens is 1. The molecule has 3 rings (SSSR count). The number of urea groups is 1. The van der Waals surface area contributed by atoms with Crippen molar-refractivity contribution in [1.82, 2.24) is 25.4 Å². The Morgan fingerprint density at radius 3 is 2.52 bits per heavy atom. The molecule has 1 unspecified atom stereocenters. The van der Waals surface area contributed by atoms with Crippen LogP contribution in [0.4, 0.5) is 4.79 Å². The number of hydrogen-bond donors (Lipinski definition) is 2. The summed E-state index contributed by atoms with van der Waals surface area (Å²) in [6, 6.07) is 8.78. The summed E-state index contributed by atoms with van der Waals surface area (Å²) in [6.45, 7) is 5.63. The summed E-state index contributed by atoms with van der Waals surface area (Å²) in [5, 5.41) is 11.2. The predicted molar refractivity (Wildman–Crippen MR) is 104 cm³/mol. The van der Waals surface area contributed by atoms with E-state index in [0.717, 1.165) is 37.9 Å². The first kappa shape index (κ1) is 19.1. The van der Waals surface area contributed by atoms with Gasteiger partial charge < -0.3 is 15.2 Å². The molecule has 0 spiro atoms. The average molecular weight is 369 g/mol. The minimum atomic E-state index is -0.456. The lowest BCUT2D eigenvalue weighted by atomic mass is 9.95. The van der Waals surface area contributed by atoms with Crippen molar-refractivity contribution in [2.24, 2.45) is 5.92 Å². The standard InChI is InChI=1S/C20H27N5O2/c1-3-14-10-12-25(13-11-14)20(27)21-16(4-2)17-19(26)22-18(24-23-17)15-8-6-5-7-9-15/h5-9,14,16H,3-4,10-13H2,1-2H3,(H,21,27)(H,22,24,26). The van der Waals surface area contributed by atoms with Gasteiger partial charge in [-0.1, -0.05) is 50.6 Å². The maximum absolute atomic E-state index is 12.6. The van der Waals surface area contributed by atoms with Gasteiger partial charge >= 0.3 is 6.03 Å². The molecule has 0 aliphatic carbocycles. The predicted octanol–water partition coefficient (Wildman–Crippen LogP) is 3.11. The molecule has 1 aliphatic rings. The van der Waals surface area contributed by atoms with Crippen LogP contribution in [0.25, 0.3) is 11.4 Å². The summed E-state index contributed by atoms with van der Waals surface area (Å²) < 4.78 is 0. The fourth-order valence-corrected chi connectivity index (χ4v) is 3.45. The Kier molecular flexibility index (Phi) is 6.21. The topological polar surface area (TPSA) is 91.0 Å². The van der Waals surface area contributed by atoms with Crippen LogP contribution in [0.2, 0.25) is 0 Å². The van der Waals surface area contributed by atoms with Gasteiger partial charge in [-0.15, -0.1) is 10.2 Å². The lowest BCUT2D eigenvalue weighted by Crippen LogP contribution is -2.46. The second-order valence-electron chi connectivity index (χ2n) is 7.00. The van der Waals surface area contributed by atoms with E-state index < -0.39 is 6.04 Å². The third-order valence-electron chi connectivity index (χ3n) is 5.28. The summed E-state index contributed by atoms with van der Waals surface area (Å²) in [5.74, 6) is 1.13. The minimum Gasteiger partial charge on any atom is -0.329 e. The van der Waals surface area contributed by atoms with Crippen LogP contribution in [0.3, 0.4) is 0 Å². The quantitative estimate of drug-likeness (QED) is 0.847. The van der Waals surface area contributed by atoms with Crippen LogP contribution in [-0.2, 0) is 0 Å². The van der Waals surface area contributed by atoms with Gasteiger partial charge in [0.05, 0.1) is 6.04 Å². The largest absolute Gasteiger partial charge is 0.329 e. The number of nitrogens with one attached hydrogen (secondary N) is 2. The maximum atomic E-state index is 12.6. The summed E-state index contributed by atoms with van der Waals surface area (Å²) in [4.78, 5) is 29.7. The van der Waals surface area contributed by atoms with Crippen molar-refractivity contribution >= 4 is 6.03 Å². The fourth-order valence-electron chi connectivity index (χ4n) is 3.45. The zero-order chi connectivity index (χ0) is 19.2. The summed E-state index contributed by atoms with van der Waals surface area (Å²) in [7, 11) is 0. The van der Waals surface area contributed by atoms with E-state index in [2.05, 4.69) is 27.4 Å². The molecule has 2 N–H and O–H groups in total. The van der Waals surface area contributed by atoms with Gasteiger partial charge in [0.15, 0.2) is 11.5 Å². The Labute approximate surface area is 159 Å². The third kappa shape index (κ3) is 4.53. The van der Waals surface area contributed by atoms with Crippen molar-refractivity contribution in [3.63, 3.8) is 0 Å². The van der Waals surface area contributed by atoms with Crippen LogP contribution in [0.1, 0.15) is 51.3 Å². The molecule has 1 aliphatic heterocycles. The fraction of sp³-hybridized carbons (Fsp3) is 0.500. The Morgan fingerprint density at radius 1 is 1.22 bits per heavy atom. The number of rotatable bonds is 5. The van der Waals surface area contributed by atoms with Crippen LogP contribution in [-0.4, -0.2) is 39.2 Å². The first-order valence-electron chi connectivity index (χ1n) is 9.70. The Bertz CT molecular complexity index is 813. The lowest BCUT2D eigenvalue weighted by molar-refractivity contribution is 0.165. The Hall–Kier alpha value is -2.70. The Morgan fingerprint density at radius 2 is 1.93 bits per heavy atom. The number of benzene rings is 1. The number of aromatic amines is 1. The van der Waals surface area contributed by atoms with E-state index in [-0.39, 0.29) is 17.3 Å². The van der Waals surface area contributed by atoms with E-state index in [4.69, 9.17) is 0 Å². The molecule has 1 aromatic carbocycles. The SMILES string of the molecule is CCC1CCN(C(=O)NC(CC)c2nnc(-c3ccccc3)[nH]c2=O)CC1. The second kappa shape index (κ2) is 8.79. The molecular formula is C20H27N5O2. The molecule has 0 bridgehead atoms. The third-order valence-corrected chi connectivity index (χ3v) is 5.28.